The van der Waals surface area contributed by atoms with Crippen LogP contribution in [-0.4, -0.2) is 60.9 Å². The minimum atomic E-state index is -0.560. The zero-order valence-electron chi connectivity index (χ0n) is 15.3. The van der Waals surface area contributed by atoms with Gasteiger partial charge in [-0.05, 0) is 45.0 Å². The van der Waals surface area contributed by atoms with Crippen molar-refractivity contribution in [2.75, 3.05) is 33.2 Å². The molecule has 1 aromatic rings. The van der Waals surface area contributed by atoms with E-state index >= 15 is 0 Å². The number of furan rings is 1. The van der Waals surface area contributed by atoms with Gasteiger partial charge in [0.1, 0.15) is 12.3 Å². The molecule has 0 saturated carbocycles. The molecule has 7 nitrogen and oxygen atoms in total. The van der Waals surface area contributed by atoms with Crippen molar-refractivity contribution in [1.82, 2.24) is 15.1 Å². The van der Waals surface area contributed by atoms with Gasteiger partial charge in [0.2, 0.25) is 0 Å². The molecule has 2 heterocycles. The fraction of sp³-hybridized carbons (Fsp3) is 0.647. The predicted molar refractivity (Wildman–Crippen MR) is 110 cm³/mol. The third-order valence-electron chi connectivity index (χ3n) is 4.38. The molecule has 0 bridgehead atoms. The lowest BCUT2D eigenvalue weighted by Crippen LogP contribution is -2.45. The molecule has 8 heteroatoms. The third-order valence-corrected chi connectivity index (χ3v) is 4.38. The van der Waals surface area contributed by atoms with E-state index in [1.807, 2.05) is 0 Å². The number of amides is 1. The topological polar surface area (TPSA) is 87.1 Å². The van der Waals surface area contributed by atoms with E-state index < -0.39 is 5.91 Å². The number of nitrogens with zero attached hydrogens (tertiary/aromatic N) is 3. The maximum Gasteiger partial charge on any atom is 0.284 e. The van der Waals surface area contributed by atoms with Gasteiger partial charge in [0.25, 0.3) is 5.91 Å². The molecule has 3 N–H and O–H groups in total. The van der Waals surface area contributed by atoms with Crippen molar-refractivity contribution in [2.24, 2.45) is 10.7 Å². The van der Waals surface area contributed by atoms with Crippen LogP contribution in [0.3, 0.4) is 0 Å². The van der Waals surface area contributed by atoms with Crippen molar-refractivity contribution in [3.63, 3.8) is 0 Å². The fourth-order valence-electron chi connectivity index (χ4n) is 3.14. The Kier molecular flexibility index (Phi) is 9.26. The number of likely N-dealkylation sites (tertiary alicyclic amines) is 1. The summed E-state index contributed by atoms with van der Waals surface area (Å²) in [5.74, 6) is 1.08. The van der Waals surface area contributed by atoms with Gasteiger partial charge in [0.05, 0.1) is 0 Å². The Hall–Kier alpha value is -1.29. The molecule has 1 unspecified atom stereocenters. The van der Waals surface area contributed by atoms with E-state index in [1.54, 1.807) is 12.1 Å². The van der Waals surface area contributed by atoms with Gasteiger partial charge < -0.3 is 20.4 Å². The van der Waals surface area contributed by atoms with Crippen molar-refractivity contribution in [2.45, 2.75) is 39.3 Å². The second kappa shape index (κ2) is 10.6. The molecular formula is C17H30IN5O2. The monoisotopic (exact) mass is 463 g/mol. The summed E-state index contributed by atoms with van der Waals surface area (Å²) in [6, 6.07) is 3.90. The van der Waals surface area contributed by atoms with E-state index in [0.29, 0.717) is 18.3 Å². The molecule has 25 heavy (non-hydrogen) atoms. The number of halogens is 1. The van der Waals surface area contributed by atoms with E-state index in [2.05, 4.69) is 41.0 Å². The van der Waals surface area contributed by atoms with Gasteiger partial charge in [-0.2, -0.15) is 0 Å². The van der Waals surface area contributed by atoms with E-state index in [4.69, 9.17) is 10.2 Å². The highest BCUT2D eigenvalue weighted by molar-refractivity contribution is 14.0. The summed E-state index contributed by atoms with van der Waals surface area (Å²) in [5.41, 5.74) is 5.20. The number of nitrogens with one attached hydrogen (secondary N) is 1. The highest BCUT2D eigenvalue weighted by atomic mass is 127. The van der Waals surface area contributed by atoms with Crippen LogP contribution in [0.5, 0.6) is 0 Å². The fourth-order valence-corrected chi connectivity index (χ4v) is 3.14. The maximum absolute atomic E-state index is 11.1. The third kappa shape index (κ3) is 6.18. The second-order valence-electron chi connectivity index (χ2n) is 6.11. The summed E-state index contributed by atoms with van der Waals surface area (Å²) in [6.07, 6.45) is 2.50. The minimum Gasteiger partial charge on any atom is -0.454 e. The normalized spacial score (nSPS) is 18.0. The summed E-state index contributed by atoms with van der Waals surface area (Å²) >= 11 is 0. The quantitative estimate of drug-likeness (QED) is 0.367. The van der Waals surface area contributed by atoms with E-state index in [1.165, 1.54) is 19.4 Å². The van der Waals surface area contributed by atoms with Gasteiger partial charge in [0.15, 0.2) is 11.7 Å². The highest BCUT2D eigenvalue weighted by Crippen LogP contribution is 2.17. The first-order valence-corrected chi connectivity index (χ1v) is 8.67. The molecule has 1 aliphatic heterocycles. The Balaban J connectivity index is 0.00000312. The van der Waals surface area contributed by atoms with Crippen LogP contribution in [0.25, 0.3) is 0 Å². The number of carbonyl (C=O) groups is 1. The maximum atomic E-state index is 11.1. The van der Waals surface area contributed by atoms with Crippen LogP contribution >= 0.6 is 24.0 Å². The van der Waals surface area contributed by atoms with Gasteiger partial charge in [-0.15, -0.1) is 24.0 Å². The number of carbonyl (C=O) groups excluding carboxylic acids is 1. The van der Waals surface area contributed by atoms with Crippen molar-refractivity contribution in [3.05, 3.63) is 23.7 Å². The Labute approximate surface area is 167 Å². The summed E-state index contributed by atoms with van der Waals surface area (Å²) in [6.45, 7) is 8.67. The predicted octanol–water partition coefficient (Wildman–Crippen LogP) is 1.88. The zero-order chi connectivity index (χ0) is 17.5. The smallest absolute Gasteiger partial charge is 0.284 e. The molecule has 0 radical (unpaired) electrons. The number of hydrogen-bond acceptors (Lipinski definition) is 4. The highest BCUT2D eigenvalue weighted by Gasteiger charge is 2.24. The second-order valence-corrected chi connectivity index (χ2v) is 6.11. The average Bonchev–Trinajstić information content (AvgIpc) is 3.20. The van der Waals surface area contributed by atoms with Crippen LogP contribution in [0.15, 0.2) is 21.5 Å². The molecule has 1 fully saturated rings. The standard InChI is InChI=1S/C17H29N5O2.HI/c1-4-19-17(20-11-14-8-9-15(24-14)16(18)23)21(3)12-13-7-6-10-22(13)5-2;/h8-9,13H,4-7,10-12H2,1-3H3,(H2,18,23)(H,19,20);1H. The first-order chi connectivity index (χ1) is 11.5. The number of primary amides is 1. The zero-order valence-corrected chi connectivity index (χ0v) is 17.7. The van der Waals surface area contributed by atoms with E-state index in [0.717, 1.165) is 25.6 Å². The summed E-state index contributed by atoms with van der Waals surface area (Å²) in [5, 5.41) is 3.31. The average molecular weight is 463 g/mol. The number of aliphatic imine (C=N–C) groups is 1. The lowest BCUT2D eigenvalue weighted by molar-refractivity contribution is 0.0972. The number of likely N-dealkylation sites (N-methyl/N-ethyl adjacent to an activating group) is 2. The lowest BCUT2D eigenvalue weighted by atomic mass is 10.2. The molecule has 1 aromatic heterocycles. The number of rotatable bonds is 7. The Morgan fingerprint density at radius 2 is 2.24 bits per heavy atom. The Bertz CT molecular complexity index is 575. The van der Waals surface area contributed by atoms with Crippen molar-refractivity contribution in [1.29, 1.82) is 0 Å². The molecule has 142 valence electrons. The molecule has 1 saturated heterocycles. The minimum absolute atomic E-state index is 0. The Morgan fingerprint density at radius 1 is 1.48 bits per heavy atom. The first-order valence-electron chi connectivity index (χ1n) is 8.67. The van der Waals surface area contributed by atoms with Crippen molar-refractivity contribution < 1.29 is 9.21 Å². The van der Waals surface area contributed by atoms with E-state index in [9.17, 15) is 4.79 Å². The number of nitrogens with two attached hydrogens (primary N) is 1. The summed E-state index contributed by atoms with van der Waals surface area (Å²) in [4.78, 5) is 20.4. The molecule has 0 aliphatic carbocycles. The molecular weight excluding hydrogens is 433 g/mol. The van der Waals surface area contributed by atoms with Gasteiger partial charge >= 0.3 is 0 Å². The van der Waals surface area contributed by atoms with Gasteiger partial charge in [0, 0.05) is 26.2 Å². The van der Waals surface area contributed by atoms with Gasteiger partial charge in [-0.25, -0.2) is 4.99 Å². The summed E-state index contributed by atoms with van der Waals surface area (Å²) in [7, 11) is 2.06. The van der Waals surface area contributed by atoms with Crippen LogP contribution < -0.4 is 11.1 Å². The van der Waals surface area contributed by atoms with Crippen molar-refractivity contribution in [3.8, 4) is 0 Å². The van der Waals surface area contributed by atoms with Gasteiger partial charge in [-0.3, -0.25) is 9.69 Å². The van der Waals surface area contributed by atoms with Crippen LogP contribution in [0, 0.1) is 0 Å². The van der Waals surface area contributed by atoms with Crippen LogP contribution in [0.4, 0.5) is 0 Å². The van der Waals surface area contributed by atoms with Crippen LogP contribution in [0.2, 0.25) is 0 Å². The number of hydrogen-bond donors (Lipinski definition) is 2. The lowest BCUT2D eigenvalue weighted by Gasteiger charge is -2.29. The summed E-state index contributed by atoms with van der Waals surface area (Å²) < 4.78 is 5.39. The molecule has 0 spiro atoms. The van der Waals surface area contributed by atoms with Crippen LogP contribution in [-0.2, 0) is 6.54 Å². The van der Waals surface area contributed by atoms with E-state index in [-0.39, 0.29) is 29.7 Å². The molecule has 1 amide bonds. The SMILES string of the molecule is CCNC(=NCc1ccc(C(N)=O)o1)N(C)CC1CCCN1CC.I. The molecule has 1 atom stereocenters. The molecule has 2 rings (SSSR count). The largest absolute Gasteiger partial charge is 0.454 e. The Morgan fingerprint density at radius 3 is 2.84 bits per heavy atom. The molecule has 0 aromatic carbocycles. The van der Waals surface area contributed by atoms with Crippen molar-refractivity contribution >= 4 is 35.8 Å². The van der Waals surface area contributed by atoms with Crippen LogP contribution in [0.1, 0.15) is 43.0 Å². The first kappa shape index (κ1) is 21.8. The van der Waals surface area contributed by atoms with Gasteiger partial charge in [-0.1, -0.05) is 6.92 Å². The number of guanidine groups is 1. The molecule has 1 aliphatic rings.